The van der Waals surface area contributed by atoms with Crippen LogP contribution >= 0.6 is 0 Å². The second-order valence-corrected chi connectivity index (χ2v) is 6.48. The van der Waals surface area contributed by atoms with Crippen LogP contribution in [0.3, 0.4) is 0 Å². The first kappa shape index (κ1) is 17.8. The van der Waals surface area contributed by atoms with E-state index in [1.807, 2.05) is 38.1 Å². The van der Waals surface area contributed by atoms with E-state index < -0.39 is 0 Å². The molecule has 3 rings (SSSR count). The van der Waals surface area contributed by atoms with Crippen LogP contribution in [0.2, 0.25) is 0 Å². The lowest BCUT2D eigenvalue weighted by Gasteiger charge is -2.22. The summed E-state index contributed by atoms with van der Waals surface area (Å²) in [6.45, 7) is 5.22. The molecule has 0 bridgehead atoms. The normalized spacial score (nSPS) is 11.0. The molecule has 0 aliphatic heterocycles. The summed E-state index contributed by atoms with van der Waals surface area (Å²) in [5.74, 6) is -0.0976. The topological polar surface area (TPSA) is 73.0 Å². The Kier molecular flexibility index (Phi) is 5.16. The number of hydrogen-bond acceptors (Lipinski definition) is 4. The Morgan fingerprint density at radius 1 is 1.23 bits per heavy atom. The van der Waals surface area contributed by atoms with Crippen LogP contribution in [-0.4, -0.2) is 36.7 Å². The number of amides is 1. The molecule has 1 aromatic carbocycles. The lowest BCUT2D eigenvalue weighted by atomic mass is 10.1. The Bertz CT molecular complexity index is 972. The zero-order valence-corrected chi connectivity index (χ0v) is 15.3. The van der Waals surface area contributed by atoms with Crippen molar-refractivity contribution < 1.29 is 4.79 Å². The molecule has 0 saturated carbocycles. The summed E-state index contributed by atoms with van der Waals surface area (Å²) >= 11 is 0. The standard InChI is InChI=1S/C19H23N5O2/c1-4-9-23(11-15-7-5-14(2)6-8-15)17(25)12-24-13-20-18-16(19(24)26)10-21-22(18)3/h5-8,10,13H,4,9,11-12H2,1-3H3. The van der Waals surface area contributed by atoms with E-state index in [-0.39, 0.29) is 18.0 Å². The highest BCUT2D eigenvalue weighted by molar-refractivity contribution is 5.77. The van der Waals surface area contributed by atoms with Crippen LogP contribution in [-0.2, 0) is 24.9 Å². The predicted molar refractivity (Wildman–Crippen MR) is 99.7 cm³/mol. The maximum atomic E-state index is 12.8. The molecular formula is C19H23N5O2. The van der Waals surface area contributed by atoms with Gasteiger partial charge < -0.3 is 4.90 Å². The molecule has 26 heavy (non-hydrogen) atoms. The van der Waals surface area contributed by atoms with Gasteiger partial charge in [-0.15, -0.1) is 0 Å². The first-order valence-electron chi connectivity index (χ1n) is 8.70. The van der Waals surface area contributed by atoms with Crippen molar-refractivity contribution in [2.75, 3.05) is 6.54 Å². The summed E-state index contributed by atoms with van der Waals surface area (Å²) in [6.07, 6.45) is 3.76. The van der Waals surface area contributed by atoms with Crippen molar-refractivity contribution in [1.29, 1.82) is 0 Å². The van der Waals surface area contributed by atoms with Crippen LogP contribution in [0.15, 0.2) is 41.6 Å². The summed E-state index contributed by atoms with van der Waals surface area (Å²) in [5.41, 5.74) is 2.53. The Morgan fingerprint density at radius 3 is 2.65 bits per heavy atom. The largest absolute Gasteiger partial charge is 0.337 e. The van der Waals surface area contributed by atoms with Crippen molar-refractivity contribution in [2.45, 2.75) is 33.4 Å². The minimum absolute atomic E-state index is 0.0253. The maximum Gasteiger partial charge on any atom is 0.264 e. The van der Waals surface area contributed by atoms with Crippen molar-refractivity contribution in [3.63, 3.8) is 0 Å². The summed E-state index contributed by atoms with van der Waals surface area (Å²) < 4.78 is 2.90. The number of nitrogens with zero attached hydrogens (tertiary/aromatic N) is 5. The molecule has 0 aliphatic carbocycles. The molecule has 0 saturated heterocycles. The summed E-state index contributed by atoms with van der Waals surface area (Å²) in [4.78, 5) is 31.4. The fourth-order valence-corrected chi connectivity index (χ4v) is 2.90. The molecule has 0 radical (unpaired) electrons. The highest BCUT2D eigenvalue weighted by Crippen LogP contribution is 2.09. The van der Waals surface area contributed by atoms with Gasteiger partial charge in [-0.1, -0.05) is 36.8 Å². The fraction of sp³-hybridized carbons (Fsp3) is 0.368. The number of fused-ring (bicyclic) bond motifs is 1. The summed E-state index contributed by atoms with van der Waals surface area (Å²) in [5, 5.41) is 4.47. The number of carbonyl (C=O) groups is 1. The molecule has 2 aromatic heterocycles. The van der Waals surface area contributed by atoms with Gasteiger partial charge in [0.2, 0.25) is 5.91 Å². The molecule has 7 nitrogen and oxygen atoms in total. The SMILES string of the molecule is CCCN(Cc1ccc(C)cc1)C(=O)Cn1cnc2c(cnn2C)c1=O. The highest BCUT2D eigenvalue weighted by Gasteiger charge is 2.16. The predicted octanol–water partition coefficient (Wildman–Crippen LogP) is 1.88. The summed E-state index contributed by atoms with van der Waals surface area (Å²) in [6, 6.07) is 8.13. The third-order valence-corrected chi connectivity index (χ3v) is 4.36. The van der Waals surface area contributed by atoms with Crippen molar-refractivity contribution in [1.82, 2.24) is 24.2 Å². The molecule has 0 fully saturated rings. The number of aromatic nitrogens is 4. The molecule has 0 aliphatic rings. The average molecular weight is 353 g/mol. The van der Waals surface area contributed by atoms with Gasteiger partial charge in [-0.05, 0) is 18.9 Å². The first-order valence-corrected chi connectivity index (χ1v) is 8.70. The van der Waals surface area contributed by atoms with Gasteiger partial charge in [0.1, 0.15) is 18.3 Å². The minimum Gasteiger partial charge on any atom is -0.337 e. The van der Waals surface area contributed by atoms with Gasteiger partial charge in [0.05, 0.1) is 6.20 Å². The van der Waals surface area contributed by atoms with Crippen molar-refractivity contribution in [3.8, 4) is 0 Å². The molecule has 0 unspecified atom stereocenters. The molecule has 1 amide bonds. The van der Waals surface area contributed by atoms with Crippen LogP contribution in [0.4, 0.5) is 0 Å². The lowest BCUT2D eigenvalue weighted by Crippen LogP contribution is -2.36. The highest BCUT2D eigenvalue weighted by atomic mass is 16.2. The van der Waals surface area contributed by atoms with Crippen molar-refractivity contribution >= 4 is 16.9 Å². The second kappa shape index (κ2) is 7.51. The van der Waals surface area contributed by atoms with Gasteiger partial charge in [0, 0.05) is 20.1 Å². The number of carbonyl (C=O) groups excluding carboxylic acids is 1. The Labute approximate surface area is 151 Å². The quantitative estimate of drug-likeness (QED) is 0.678. The van der Waals surface area contributed by atoms with E-state index in [1.54, 1.807) is 16.6 Å². The molecule has 0 spiro atoms. The monoisotopic (exact) mass is 353 g/mol. The van der Waals surface area contributed by atoms with E-state index in [4.69, 9.17) is 0 Å². The van der Waals surface area contributed by atoms with E-state index >= 15 is 0 Å². The lowest BCUT2D eigenvalue weighted by molar-refractivity contribution is -0.132. The van der Waals surface area contributed by atoms with E-state index in [9.17, 15) is 9.59 Å². The van der Waals surface area contributed by atoms with Crippen molar-refractivity contribution in [3.05, 3.63) is 58.3 Å². The van der Waals surface area contributed by atoms with E-state index in [1.165, 1.54) is 22.7 Å². The van der Waals surface area contributed by atoms with Crippen LogP contribution in [0.1, 0.15) is 24.5 Å². The van der Waals surface area contributed by atoms with Crippen molar-refractivity contribution in [2.24, 2.45) is 7.05 Å². The van der Waals surface area contributed by atoms with E-state index in [0.717, 1.165) is 12.0 Å². The Morgan fingerprint density at radius 2 is 1.96 bits per heavy atom. The molecule has 0 atom stereocenters. The third kappa shape index (κ3) is 3.66. The molecule has 0 N–H and O–H groups in total. The van der Waals surface area contributed by atoms with Crippen LogP contribution < -0.4 is 5.56 Å². The number of benzene rings is 1. The maximum absolute atomic E-state index is 12.8. The van der Waals surface area contributed by atoms with Gasteiger partial charge in [-0.25, -0.2) is 4.98 Å². The van der Waals surface area contributed by atoms with Gasteiger partial charge >= 0.3 is 0 Å². The number of aryl methyl sites for hydroxylation is 2. The molecule has 3 aromatic rings. The Hall–Kier alpha value is -2.96. The average Bonchev–Trinajstić information content (AvgIpc) is 3.00. The number of rotatable bonds is 6. The zero-order chi connectivity index (χ0) is 18.7. The Balaban J connectivity index is 1.80. The van der Waals surface area contributed by atoms with E-state index in [2.05, 4.69) is 10.1 Å². The third-order valence-electron chi connectivity index (χ3n) is 4.36. The molecule has 2 heterocycles. The summed E-state index contributed by atoms with van der Waals surface area (Å²) in [7, 11) is 1.73. The van der Waals surface area contributed by atoms with Gasteiger partial charge in [0.25, 0.3) is 5.56 Å². The zero-order valence-electron chi connectivity index (χ0n) is 15.3. The fourth-order valence-electron chi connectivity index (χ4n) is 2.90. The molecule has 136 valence electrons. The van der Waals surface area contributed by atoms with Gasteiger partial charge in [-0.3, -0.25) is 18.8 Å². The first-order chi connectivity index (χ1) is 12.5. The van der Waals surface area contributed by atoms with Gasteiger partial charge in [-0.2, -0.15) is 5.10 Å². The van der Waals surface area contributed by atoms with E-state index in [0.29, 0.717) is 24.1 Å². The number of hydrogen-bond donors (Lipinski definition) is 0. The second-order valence-electron chi connectivity index (χ2n) is 6.48. The van der Waals surface area contributed by atoms with Crippen LogP contribution in [0, 0.1) is 6.92 Å². The smallest absolute Gasteiger partial charge is 0.264 e. The molecular weight excluding hydrogens is 330 g/mol. The minimum atomic E-state index is -0.247. The van der Waals surface area contributed by atoms with Gasteiger partial charge in [0.15, 0.2) is 5.65 Å². The van der Waals surface area contributed by atoms with Crippen LogP contribution in [0.5, 0.6) is 0 Å². The molecule has 7 heteroatoms. The van der Waals surface area contributed by atoms with Crippen LogP contribution in [0.25, 0.3) is 11.0 Å².